The molecule has 1 aromatic heterocycles. The van der Waals surface area contributed by atoms with Gasteiger partial charge in [0.2, 0.25) is 0 Å². The molecule has 0 N–H and O–H groups in total. The second kappa shape index (κ2) is 10.4. The lowest BCUT2D eigenvalue weighted by Gasteiger charge is -2.20. The Labute approximate surface area is 277 Å². The van der Waals surface area contributed by atoms with Gasteiger partial charge in [-0.2, -0.15) is 0 Å². The minimum Gasteiger partial charge on any atom is -0.456 e. The van der Waals surface area contributed by atoms with E-state index in [1.807, 2.05) is 78.9 Å². The predicted molar refractivity (Wildman–Crippen MR) is 190 cm³/mol. The van der Waals surface area contributed by atoms with Crippen LogP contribution in [-0.4, -0.2) is 0 Å². The molecule has 0 saturated heterocycles. The number of rotatable bonds is 4. The van der Waals surface area contributed by atoms with E-state index in [9.17, 15) is 2.74 Å². The van der Waals surface area contributed by atoms with Gasteiger partial charge >= 0.3 is 0 Å². The molecule has 1 nitrogen and oxygen atoms in total. The van der Waals surface area contributed by atoms with Gasteiger partial charge in [-0.15, -0.1) is 0 Å². The van der Waals surface area contributed by atoms with E-state index in [2.05, 4.69) is 0 Å². The van der Waals surface area contributed by atoms with Gasteiger partial charge in [0.15, 0.2) is 0 Å². The zero-order chi connectivity index (χ0) is 39.3. The molecule has 210 valence electrons. The number of benzene rings is 8. The Kier molecular flexibility index (Phi) is 3.87. The van der Waals surface area contributed by atoms with Gasteiger partial charge < -0.3 is 4.42 Å². The zero-order valence-electron chi connectivity index (χ0n) is 34.7. The van der Waals surface area contributed by atoms with E-state index in [1.54, 1.807) is 24.3 Å². The Bertz CT molecular complexity index is 3070. The van der Waals surface area contributed by atoms with Crippen molar-refractivity contribution in [3.63, 3.8) is 0 Å². The summed E-state index contributed by atoms with van der Waals surface area (Å²) in [5, 5.41) is 3.10. The highest BCUT2D eigenvalue weighted by molar-refractivity contribution is 6.26. The van der Waals surface area contributed by atoms with Crippen LogP contribution in [0.1, 0.15) is 15.1 Å². The summed E-state index contributed by atoms with van der Waals surface area (Å²) in [6, 6.07) is 27.6. The highest BCUT2D eigenvalue weighted by atomic mass is 16.3. The van der Waals surface area contributed by atoms with Crippen molar-refractivity contribution in [1.29, 1.82) is 0 Å². The number of fused-ring (bicyclic) bond motifs is 5. The van der Waals surface area contributed by atoms with Crippen LogP contribution in [0.5, 0.6) is 0 Å². The van der Waals surface area contributed by atoms with Crippen LogP contribution in [0.3, 0.4) is 0 Å². The third kappa shape index (κ3) is 4.09. The fraction of sp³-hybridized carbons (Fsp3) is 0. The normalized spacial score (nSPS) is 15.0. The average molecular weight is 584 g/mol. The van der Waals surface area contributed by atoms with Crippen molar-refractivity contribution >= 4 is 43.5 Å². The predicted octanol–water partition coefficient (Wildman–Crippen LogP) is 12.6. The number of hydrogen-bond donors (Lipinski definition) is 0. The van der Waals surface area contributed by atoms with E-state index >= 15 is 0 Å². The largest absolute Gasteiger partial charge is 0.456 e. The topological polar surface area (TPSA) is 13.1 Å². The van der Waals surface area contributed by atoms with Crippen molar-refractivity contribution < 1.29 is 19.5 Å². The summed E-state index contributed by atoms with van der Waals surface area (Å²) in [6.07, 6.45) is 0. The first-order chi connectivity index (χ1) is 26.9. The molecule has 0 aliphatic heterocycles. The third-order valence-electron chi connectivity index (χ3n) is 8.28. The first-order valence-corrected chi connectivity index (χ1v) is 14.6. The van der Waals surface area contributed by atoms with Crippen LogP contribution in [0.4, 0.5) is 0 Å². The van der Waals surface area contributed by atoms with Gasteiger partial charge in [-0.05, 0) is 84.2 Å². The Morgan fingerprint density at radius 1 is 0.378 bits per heavy atom. The summed E-state index contributed by atoms with van der Waals surface area (Å²) in [6.45, 7) is 0. The molecule has 0 atom stereocenters. The van der Waals surface area contributed by atoms with Crippen molar-refractivity contribution in [2.75, 3.05) is 0 Å². The molecule has 9 aromatic rings. The molecule has 0 aliphatic carbocycles. The Balaban J connectivity index is 1.50. The van der Waals surface area contributed by atoms with Crippen LogP contribution in [0, 0.1) is 0 Å². The van der Waals surface area contributed by atoms with Gasteiger partial charge in [-0.3, -0.25) is 0 Å². The molecule has 9 rings (SSSR count). The lowest BCUT2D eigenvalue weighted by atomic mass is 9.82. The fourth-order valence-corrected chi connectivity index (χ4v) is 6.41. The van der Waals surface area contributed by atoms with Gasteiger partial charge in [-0.25, -0.2) is 0 Å². The highest BCUT2D eigenvalue weighted by Gasteiger charge is 2.22. The summed E-state index contributed by atoms with van der Waals surface area (Å²) in [7, 11) is 0. The molecule has 0 amide bonds. The zero-order valence-corrected chi connectivity index (χ0v) is 23.7. The molecule has 0 bridgehead atoms. The maximum absolute atomic E-state index is 9.95. The lowest BCUT2D eigenvalue weighted by Crippen LogP contribution is -1.93. The smallest absolute Gasteiger partial charge is 0.136 e. The first kappa shape index (κ1) is 16.8. The second-order valence-electron chi connectivity index (χ2n) is 10.8. The van der Waals surface area contributed by atoms with E-state index in [1.165, 1.54) is 0 Å². The molecular weight excluding hydrogens is 544 g/mol. The van der Waals surface area contributed by atoms with E-state index < -0.39 is 30.2 Å². The fourth-order valence-electron chi connectivity index (χ4n) is 6.41. The van der Waals surface area contributed by atoms with E-state index in [-0.39, 0.29) is 69.3 Å². The SMILES string of the molecule is [2H]c1c([2H])c([2H])c(-c2ccccc2-c2c3ccccc3c(-c3c([2H])c(-c4ccccc4)c([2H])c4oc5c([2H])c([2H])c([2H])c([2H])c5c34)c3ccccc23)c([2H])c1[2H]. The second-order valence-corrected chi connectivity index (χ2v) is 10.8. The van der Waals surface area contributed by atoms with Crippen molar-refractivity contribution in [2.45, 2.75) is 0 Å². The van der Waals surface area contributed by atoms with E-state index in [0.29, 0.717) is 38.6 Å². The number of hydrogen-bond acceptors (Lipinski definition) is 1. The van der Waals surface area contributed by atoms with Gasteiger partial charge in [0.25, 0.3) is 0 Å². The molecule has 1 heterocycles. The molecular formula is C44H28O. The van der Waals surface area contributed by atoms with Crippen molar-refractivity contribution in [3.05, 3.63) is 170 Å². The van der Waals surface area contributed by atoms with Gasteiger partial charge in [0, 0.05) is 10.8 Å². The average Bonchev–Trinajstić information content (AvgIpc) is 3.62. The summed E-state index contributed by atoms with van der Waals surface area (Å²) in [5.41, 5.74) is 3.55. The summed E-state index contributed by atoms with van der Waals surface area (Å²) < 4.78 is 103. The molecule has 0 radical (unpaired) electrons. The van der Waals surface area contributed by atoms with Crippen molar-refractivity contribution in [2.24, 2.45) is 0 Å². The standard InChI is InChI=1S/C44H28O/c1-3-15-29(16-4-1)31-27-39(44-38-25-13-14-26-40(38)45-41(44)28-31)43-36-23-11-9-21-34(36)42(35-22-10-12-24-37(35)43)33-20-8-7-19-32(33)30-17-5-2-6-18-30/h1-28H/i2D,5D,6D,13D,14D,17D,18D,25D,26D,27D,28D. The minimum absolute atomic E-state index is 0.0219. The van der Waals surface area contributed by atoms with Crippen molar-refractivity contribution in [3.8, 4) is 44.5 Å². The van der Waals surface area contributed by atoms with Crippen LogP contribution in [0.25, 0.3) is 88.0 Å². The van der Waals surface area contributed by atoms with Crippen LogP contribution in [-0.2, 0) is 0 Å². The van der Waals surface area contributed by atoms with Crippen LogP contribution in [0.2, 0.25) is 0 Å². The molecule has 1 heteroatoms. The number of para-hydroxylation sites is 1. The molecule has 0 saturated carbocycles. The molecule has 0 fully saturated rings. The Morgan fingerprint density at radius 2 is 0.933 bits per heavy atom. The third-order valence-corrected chi connectivity index (χ3v) is 8.28. The van der Waals surface area contributed by atoms with Crippen LogP contribution in [0.15, 0.2) is 174 Å². The van der Waals surface area contributed by atoms with Crippen molar-refractivity contribution in [1.82, 2.24) is 0 Å². The molecule has 0 aliphatic rings. The van der Waals surface area contributed by atoms with Crippen LogP contribution < -0.4 is 0 Å². The lowest BCUT2D eigenvalue weighted by molar-refractivity contribution is 0.669. The van der Waals surface area contributed by atoms with Crippen LogP contribution >= 0.6 is 0 Å². The monoisotopic (exact) mass is 583 g/mol. The van der Waals surface area contributed by atoms with E-state index in [4.69, 9.17) is 16.8 Å². The van der Waals surface area contributed by atoms with Gasteiger partial charge in [0.1, 0.15) is 11.2 Å². The minimum atomic E-state index is -0.482. The Morgan fingerprint density at radius 3 is 1.62 bits per heavy atom. The van der Waals surface area contributed by atoms with Gasteiger partial charge in [-0.1, -0.05) is 151 Å². The highest BCUT2D eigenvalue weighted by Crippen LogP contribution is 2.49. The molecule has 0 unspecified atom stereocenters. The quantitative estimate of drug-likeness (QED) is 0.188. The number of furan rings is 1. The Hall–Kier alpha value is -5.92. The van der Waals surface area contributed by atoms with E-state index in [0.717, 1.165) is 16.3 Å². The summed E-state index contributed by atoms with van der Waals surface area (Å²) >= 11 is 0. The first-order valence-electron chi connectivity index (χ1n) is 20.1. The van der Waals surface area contributed by atoms with Gasteiger partial charge in [0.05, 0.1) is 15.1 Å². The molecule has 0 spiro atoms. The molecule has 8 aromatic carbocycles. The summed E-state index contributed by atoms with van der Waals surface area (Å²) in [4.78, 5) is 0. The maximum Gasteiger partial charge on any atom is 0.136 e. The molecule has 45 heavy (non-hydrogen) atoms. The summed E-state index contributed by atoms with van der Waals surface area (Å²) in [5.74, 6) is 0. The maximum atomic E-state index is 9.95.